The number of halogens is 4. The molecule has 2 heterocycles. The lowest BCUT2D eigenvalue weighted by molar-refractivity contribution is -0.125. The second-order valence-corrected chi connectivity index (χ2v) is 26.6. The van der Waals surface area contributed by atoms with Crippen LogP contribution in [0.1, 0.15) is 280 Å². The van der Waals surface area contributed by atoms with Crippen LogP contribution >= 0.6 is 47.2 Å². The summed E-state index contributed by atoms with van der Waals surface area (Å²) in [5.41, 5.74) is 7.00. The summed E-state index contributed by atoms with van der Waals surface area (Å²) >= 11 is 14.9. The molecule has 0 unspecified atom stereocenters. The molecule has 0 radical (unpaired) electrons. The molecule has 0 spiro atoms. The van der Waals surface area contributed by atoms with Crippen LogP contribution in [0.4, 0.5) is 5.82 Å². The van der Waals surface area contributed by atoms with Gasteiger partial charge in [-0.25, -0.2) is 0 Å². The lowest BCUT2D eigenvalue weighted by atomic mass is 9.88. The van der Waals surface area contributed by atoms with Crippen molar-refractivity contribution in [2.45, 2.75) is 251 Å². The number of alkyl halides is 2. The number of hydrogen-bond acceptors (Lipinski definition) is 10. The van der Waals surface area contributed by atoms with Crippen molar-refractivity contribution in [1.82, 2.24) is 20.5 Å². The molecule has 13 nitrogen and oxygen atoms in total. The number of allylic oxidation sites excluding steroid dienone is 2. The molecule has 0 aliphatic heterocycles. The largest absolute Gasteiger partial charge is 0.326 e. The van der Waals surface area contributed by atoms with Crippen LogP contribution in [0.25, 0.3) is 0 Å². The molecule has 0 bridgehead atoms. The highest BCUT2D eigenvalue weighted by atomic mass is 35.5. The van der Waals surface area contributed by atoms with Gasteiger partial charge >= 0.3 is 0 Å². The maximum Gasteiger partial charge on any atom is 0.256 e. The number of anilines is 1. The molecule has 0 aliphatic carbocycles. The zero-order chi connectivity index (χ0) is 68.4. The number of ketones is 2. The summed E-state index contributed by atoms with van der Waals surface area (Å²) in [7, 11) is 0. The van der Waals surface area contributed by atoms with E-state index in [-0.39, 0.29) is 64.6 Å². The van der Waals surface area contributed by atoms with Crippen molar-refractivity contribution < 1.29 is 24.0 Å². The van der Waals surface area contributed by atoms with E-state index in [1.807, 2.05) is 126 Å². The van der Waals surface area contributed by atoms with Crippen LogP contribution in [-0.2, 0) is 34.3 Å². The quantitative estimate of drug-likeness (QED) is 0.00508. The SMILES string of the molecule is C.CC(=N)CC(=O)C(C)(C)C.CCCCCCCCc1ccc(C(=O)Cl)cc1.CCCCCCCCc1ccc(C(=O)N/C(C)=C/C(=O)C(C)(C)C)cc1.CCCCCCCCc1ccc(C(=O)Nc2cc(C(C)(C)C)[nH]n2)cc1.Cl.ClCCl.NN.c1ccncc1. The predicted octanol–water partition coefficient (Wildman–Crippen LogP) is 21.1. The number of pyridine rings is 1. The summed E-state index contributed by atoms with van der Waals surface area (Å²) in [4.78, 5) is 62.5. The van der Waals surface area contributed by atoms with E-state index in [9.17, 15) is 24.0 Å². The van der Waals surface area contributed by atoms with Crippen LogP contribution in [0.5, 0.6) is 0 Å². The van der Waals surface area contributed by atoms with Gasteiger partial charge in [-0.15, -0.1) is 35.6 Å². The Hall–Kier alpha value is -5.54. The number of nitrogens with zero attached hydrogens (tertiary/aromatic N) is 2. The Labute approximate surface area is 578 Å². The summed E-state index contributed by atoms with van der Waals surface area (Å²) in [5, 5.41) is 19.7. The molecular weight excluding hydrogens is 1230 g/mol. The average Bonchev–Trinajstić information content (AvgIpc) is 1.95. The minimum Gasteiger partial charge on any atom is -0.326 e. The van der Waals surface area contributed by atoms with E-state index < -0.39 is 5.41 Å². The molecule has 518 valence electrons. The normalized spacial score (nSPS) is 10.6. The smallest absolute Gasteiger partial charge is 0.256 e. The van der Waals surface area contributed by atoms with Crippen LogP contribution in [0.15, 0.2) is 121 Å². The number of amides is 2. The summed E-state index contributed by atoms with van der Waals surface area (Å²) < 4.78 is 0. The number of nitrogens with one attached hydrogen (secondary N) is 4. The van der Waals surface area contributed by atoms with Gasteiger partial charge in [0, 0.05) is 81.0 Å². The van der Waals surface area contributed by atoms with Crippen LogP contribution < -0.4 is 22.3 Å². The van der Waals surface area contributed by atoms with E-state index >= 15 is 0 Å². The molecule has 3 aromatic carbocycles. The van der Waals surface area contributed by atoms with Gasteiger partial charge in [0.05, 0.1) is 5.34 Å². The zero-order valence-electron chi connectivity index (χ0n) is 57.9. The van der Waals surface area contributed by atoms with Crippen molar-refractivity contribution in [1.29, 1.82) is 5.41 Å². The van der Waals surface area contributed by atoms with Gasteiger partial charge in [-0.05, 0) is 129 Å². The molecule has 0 saturated heterocycles. The highest BCUT2D eigenvalue weighted by Crippen LogP contribution is 2.23. The fourth-order valence-electron chi connectivity index (χ4n) is 8.25. The number of carbonyl (C=O) groups is 5. The Bertz CT molecular complexity index is 2690. The number of hydrogen-bond donors (Lipinski definition) is 6. The third-order valence-corrected chi connectivity index (χ3v) is 14.1. The minimum atomic E-state index is -0.440. The molecule has 0 fully saturated rings. The van der Waals surface area contributed by atoms with Gasteiger partial charge in [0.25, 0.3) is 17.1 Å². The first-order chi connectivity index (χ1) is 42.6. The summed E-state index contributed by atoms with van der Waals surface area (Å²) in [6, 6.07) is 30.9. The molecule has 17 heteroatoms. The molecular formula is C75H120Cl4N8O5. The second kappa shape index (κ2) is 55.9. The minimum absolute atomic E-state index is 0. The van der Waals surface area contributed by atoms with E-state index in [2.05, 4.69) is 91.2 Å². The van der Waals surface area contributed by atoms with E-state index in [1.54, 1.807) is 26.2 Å². The van der Waals surface area contributed by atoms with Crippen molar-refractivity contribution >= 4 is 87.4 Å². The monoisotopic (exact) mass is 1350 g/mol. The number of H-pyrrole nitrogens is 1. The second-order valence-electron chi connectivity index (χ2n) is 25.4. The molecule has 8 N–H and O–H groups in total. The molecule has 0 aliphatic rings. The van der Waals surface area contributed by atoms with Gasteiger partial charge in [-0.2, -0.15) is 5.10 Å². The number of nitrogens with two attached hydrogens (primary N) is 2. The first-order valence-electron chi connectivity index (χ1n) is 32.4. The number of hydrazine groups is 1. The topological polar surface area (TPSA) is 227 Å². The number of carbonyl (C=O) groups excluding carboxylic acids is 5. The number of benzene rings is 3. The van der Waals surface area contributed by atoms with Crippen molar-refractivity contribution in [3.05, 3.63) is 160 Å². The van der Waals surface area contributed by atoms with E-state index in [0.29, 0.717) is 40.3 Å². The Kier molecular flexibility index (Phi) is 56.4. The lowest BCUT2D eigenvalue weighted by Crippen LogP contribution is -2.24. The first-order valence-corrected chi connectivity index (χ1v) is 33.8. The number of aromatic amines is 1. The van der Waals surface area contributed by atoms with Crippen LogP contribution in [0.2, 0.25) is 0 Å². The lowest BCUT2D eigenvalue weighted by Gasteiger charge is -2.15. The van der Waals surface area contributed by atoms with Gasteiger partial charge in [0.15, 0.2) is 11.6 Å². The Morgan fingerprint density at radius 1 is 0.554 bits per heavy atom. The van der Waals surface area contributed by atoms with Crippen molar-refractivity contribution in [3.63, 3.8) is 0 Å². The fraction of sp³-hybridized carbons (Fsp3) is 0.547. The first kappa shape index (κ1) is 92.9. The fourth-order valence-corrected chi connectivity index (χ4v) is 8.38. The Morgan fingerprint density at radius 3 is 1.20 bits per heavy atom. The summed E-state index contributed by atoms with van der Waals surface area (Å²) in [6.07, 6.45) is 32.0. The van der Waals surface area contributed by atoms with Crippen LogP contribution in [0, 0.1) is 16.2 Å². The van der Waals surface area contributed by atoms with E-state index in [0.717, 1.165) is 25.0 Å². The third kappa shape index (κ3) is 49.1. The molecule has 0 saturated carbocycles. The van der Waals surface area contributed by atoms with Crippen molar-refractivity contribution in [3.8, 4) is 0 Å². The summed E-state index contributed by atoms with van der Waals surface area (Å²) in [5.74, 6) is 8.41. The van der Waals surface area contributed by atoms with Crippen LogP contribution in [0.3, 0.4) is 0 Å². The number of rotatable bonds is 29. The number of aryl methyl sites for hydroxylation is 3. The molecule has 5 aromatic rings. The van der Waals surface area contributed by atoms with E-state index in [4.69, 9.17) is 40.2 Å². The van der Waals surface area contributed by atoms with Gasteiger partial charge < -0.3 is 16.0 Å². The van der Waals surface area contributed by atoms with Crippen molar-refractivity contribution in [2.75, 3.05) is 10.7 Å². The molecule has 2 aromatic heterocycles. The van der Waals surface area contributed by atoms with Gasteiger partial charge in [0.2, 0.25) is 0 Å². The number of aromatic nitrogens is 3. The van der Waals surface area contributed by atoms with Crippen LogP contribution in [-0.4, -0.2) is 54.9 Å². The standard InChI is InChI=1S/C23H35NO2.C22H33N3O.C15H21ClO.C8H15NO.C5H5N.CH2Cl2.CH4.ClH.H4N2/c1-6-7-8-9-10-11-12-19-13-15-20(16-14-19)22(26)24-18(2)17-21(25)23(3,4)5;1-5-6-7-8-9-10-11-17-12-14-18(15-13-17)21(26)23-20-16-19(24-25-20)22(2,3)4;1-2-3-4-5-6-7-8-13-9-11-14(12-10-13)15(16)17;1-6(9)5-7(10)8(2,3)4;1-2-4-6-5-3-1;2-1-3;;;1-2/h13-17H,6-12H2,1-5H3,(H,24,26);12-16H,5-11H2,1-4H3,(H2,23,24,25,26);9-12H,2-8H2,1H3;9H,5H2,1-4H3;1-5H;1H2;1H4;1H;1-2H2/b18-17+;;;;;;;;. The maximum absolute atomic E-state index is 12.4. The summed E-state index contributed by atoms with van der Waals surface area (Å²) in [6.45, 7) is 27.6. The van der Waals surface area contributed by atoms with Gasteiger partial charge in [-0.3, -0.25) is 45.7 Å². The Morgan fingerprint density at radius 2 is 0.913 bits per heavy atom. The van der Waals surface area contributed by atoms with Crippen molar-refractivity contribution in [2.24, 2.45) is 22.5 Å². The van der Waals surface area contributed by atoms with E-state index in [1.165, 1.54) is 138 Å². The number of Topliss-reactive ketones (excluding diaryl/α,β-unsaturated/α-hetero) is 1. The zero-order valence-corrected chi connectivity index (χ0v) is 60.9. The highest BCUT2D eigenvalue weighted by Gasteiger charge is 2.22. The molecule has 92 heavy (non-hydrogen) atoms. The highest BCUT2D eigenvalue weighted by molar-refractivity contribution is 6.67. The third-order valence-electron chi connectivity index (χ3n) is 13.9. The predicted molar refractivity (Wildman–Crippen MR) is 397 cm³/mol. The Balaban J connectivity index is -0.000000547. The number of unbranched alkanes of at least 4 members (excludes halogenated alkanes) is 15. The van der Waals surface area contributed by atoms with Gasteiger partial charge in [-0.1, -0.05) is 229 Å². The molecule has 2 amide bonds. The average molecular weight is 1360 g/mol. The maximum atomic E-state index is 12.4. The molecule has 5 rings (SSSR count). The molecule has 0 atom stereocenters. The van der Waals surface area contributed by atoms with Gasteiger partial charge in [0.1, 0.15) is 5.78 Å².